The number of nitrogens with zero attached hydrogens (tertiary/aromatic N) is 1. The third kappa shape index (κ3) is 2.61. The SMILES string of the molecule is O=C1C=C(/C=C/c2cccc(Cl)n2)[C@H](O)[C@H]1O. The second-order valence-electron chi connectivity index (χ2n) is 3.65. The number of rotatable bonds is 2. The molecule has 1 aliphatic carbocycles. The second-order valence-corrected chi connectivity index (χ2v) is 4.04. The molecular weight excluding hydrogens is 242 g/mol. The lowest BCUT2D eigenvalue weighted by molar-refractivity contribution is -0.124. The number of pyridine rings is 1. The van der Waals surface area contributed by atoms with Crippen LogP contribution in [0.3, 0.4) is 0 Å². The van der Waals surface area contributed by atoms with E-state index in [1.54, 1.807) is 24.3 Å². The van der Waals surface area contributed by atoms with E-state index in [2.05, 4.69) is 4.98 Å². The molecule has 1 aromatic heterocycles. The standard InChI is InChI=1S/C12H10ClNO3/c13-10-3-1-2-8(14-10)5-4-7-6-9(15)12(17)11(7)16/h1-6,11-12,16-17H/b5-4+/t11-,12-/m0/s1. The molecule has 1 aromatic rings. The van der Waals surface area contributed by atoms with E-state index >= 15 is 0 Å². The first-order valence-electron chi connectivity index (χ1n) is 5.00. The summed E-state index contributed by atoms with van der Waals surface area (Å²) in [4.78, 5) is 15.1. The third-order valence-electron chi connectivity index (χ3n) is 2.42. The summed E-state index contributed by atoms with van der Waals surface area (Å²) in [6.07, 6.45) is 1.85. The summed E-state index contributed by atoms with van der Waals surface area (Å²) in [6.45, 7) is 0. The topological polar surface area (TPSA) is 70.4 Å². The van der Waals surface area contributed by atoms with Crippen molar-refractivity contribution in [1.29, 1.82) is 0 Å². The van der Waals surface area contributed by atoms with E-state index in [0.717, 1.165) is 0 Å². The van der Waals surface area contributed by atoms with Crippen molar-refractivity contribution in [3.8, 4) is 0 Å². The lowest BCUT2D eigenvalue weighted by Crippen LogP contribution is -2.27. The molecular formula is C12H10ClNO3. The fraction of sp³-hybridized carbons (Fsp3) is 0.167. The number of carbonyl (C=O) groups is 1. The van der Waals surface area contributed by atoms with Crippen LogP contribution in [0.4, 0.5) is 0 Å². The van der Waals surface area contributed by atoms with E-state index in [9.17, 15) is 15.0 Å². The summed E-state index contributed by atoms with van der Waals surface area (Å²) in [5.74, 6) is -0.490. The van der Waals surface area contributed by atoms with Crippen molar-refractivity contribution < 1.29 is 15.0 Å². The average Bonchev–Trinajstić information content (AvgIpc) is 2.54. The number of carbonyl (C=O) groups excluding carboxylic acids is 1. The quantitative estimate of drug-likeness (QED) is 0.769. The highest BCUT2D eigenvalue weighted by Gasteiger charge is 2.31. The van der Waals surface area contributed by atoms with Gasteiger partial charge in [-0.3, -0.25) is 4.79 Å². The zero-order valence-electron chi connectivity index (χ0n) is 8.75. The van der Waals surface area contributed by atoms with Gasteiger partial charge in [0.15, 0.2) is 5.78 Å². The Morgan fingerprint density at radius 1 is 1.24 bits per heavy atom. The molecule has 4 nitrogen and oxygen atoms in total. The molecule has 2 N–H and O–H groups in total. The lowest BCUT2D eigenvalue weighted by Gasteiger charge is -2.07. The summed E-state index contributed by atoms with van der Waals surface area (Å²) in [7, 11) is 0. The van der Waals surface area contributed by atoms with Crippen molar-refractivity contribution >= 4 is 23.5 Å². The molecule has 0 spiro atoms. The van der Waals surface area contributed by atoms with Crippen LogP contribution in [0.1, 0.15) is 5.69 Å². The molecule has 0 aromatic carbocycles. The smallest absolute Gasteiger partial charge is 0.187 e. The molecule has 0 saturated carbocycles. The van der Waals surface area contributed by atoms with Crippen LogP contribution in [0.25, 0.3) is 6.08 Å². The zero-order chi connectivity index (χ0) is 12.4. The first-order chi connectivity index (χ1) is 8.08. The first kappa shape index (κ1) is 12.0. The van der Waals surface area contributed by atoms with Gasteiger partial charge in [0, 0.05) is 0 Å². The first-order valence-corrected chi connectivity index (χ1v) is 5.38. The Bertz CT molecular complexity index is 510. The van der Waals surface area contributed by atoms with Gasteiger partial charge in [-0.05, 0) is 29.9 Å². The molecule has 0 bridgehead atoms. The Balaban J connectivity index is 2.17. The molecule has 0 unspecified atom stereocenters. The number of hydrogen-bond donors (Lipinski definition) is 2. The third-order valence-corrected chi connectivity index (χ3v) is 2.63. The largest absolute Gasteiger partial charge is 0.385 e. The fourth-order valence-electron chi connectivity index (χ4n) is 1.52. The van der Waals surface area contributed by atoms with Crippen molar-refractivity contribution in [2.75, 3.05) is 0 Å². The lowest BCUT2D eigenvalue weighted by atomic mass is 10.1. The van der Waals surface area contributed by atoms with E-state index in [-0.39, 0.29) is 0 Å². The molecule has 1 heterocycles. The van der Waals surface area contributed by atoms with Gasteiger partial charge in [-0.2, -0.15) is 0 Å². The van der Waals surface area contributed by atoms with Gasteiger partial charge < -0.3 is 10.2 Å². The summed E-state index contributed by atoms with van der Waals surface area (Å²) < 4.78 is 0. The number of ketones is 1. The van der Waals surface area contributed by atoms with Gasteiger partial charge >= 0.3 is 0 Å². The highest BCUT2D eigenvalue weighted by molar-refractivity contribution is 6.29. The Morgan fingerprint density at radius 3 is 2.59 bits per heavy atom. The van der Waals surface area contributed by atoms with E-state index in [1.165, 1.54) is 12.2 Å². The highest BCUT2D eigenvalue weighted by Crippen LogP contribution is 2.19. The van der Waals surface area contributed by atoms with Crippen molar-refractivity contribution in [3.05, 3.63) is 46.8 Å². The van der Waals surface area contributed by atoms with Crippen LogP contribution < -0.4 is 0 Å². The van der Waals surface area contributed by atoms with Gasteiger partial charge in [0.05, 0.1) is 5.69 Å². The monoisotopic (exact) mass is 251 g/mol. The minimum Gasteiger partial charge on any atom is -0.385 e. The van der Waals surface area contributed by atoms with Crippen molar-refractivity contribution in [2.24, 2.45) is 0 Å². The summed E-state index contributed by atoms with van der Waals surface area (Å²) in [5.41, 5.74) is 0.976. The molecule has 0 fully saturated rings. The maximum absolute atomic E-state index is 11.1. The van der Waals surface area contributed by atoms with E-state index < -0.39 is 18.0 Å². The Morgan fingerprint density at radius 2 is 2.00 bits per heavy atom. The average molecular weight is 252 g/mol. The summed E-state index contributed by atoms with van der Waals surface area (Å²) in [6, 6.07) is 5.13. The van der Waals surface area contributed by atoms with Crippen LogP contribution >= 0.6 is 11.6 Å². The van der Waals surface area contributed by atoms with Gasteiger partial charge in [0.2, 0.25) is 0 Å². The van der Waals surface area contributed by atoms with E-state index in [0.29, 0.717) is 16.4 Å². The molecule has 2 rings (SSSR count). The Labute approximate surface area is 103 Å². The van der Waals surface area contributed by atoms with Gasteiger partial charge in [-0.15, -0.1) is 0 Å². The molecule has 0 amide bonds. The van der Waals surface area contributed by atoms with Crippen LogP contribution in [0, 0.1) is 0 Å². The number of aliphatic hydroxyl groups excluding tert-OH is 2. The van der Waals surface area contributed by atoms with Gasteiger partial charge in [0.25, 0.3) is 0 Å². The minimum absolute atomic E-state index is 0.365. The van der Waals surface area contributed by atoms with E-state index in [4.69, 9.17) is 11.6 Å². The fourth-order valence-corrected chi connectivity index (χ4v) is 1.69. The number of halogens is 1. The van der Waals surface area contributed by atoms with Crippen molar-refractivity contribution in [3.63, 3.8) is 0 Å². The van der Waals surface area contributed by atoms with Crippen molar-refractivity contribution in [1.82, 2.24) is 4.98 Å². The number of aromatic nitrogens is 1. The Kier molecular flexibility index (Phi) is 3.38. The summed E-state index contributed by atoms with van der Waals surface area (Å²) in [5, 5.41) is 19.1. The molecule has 1 aliphatic rings. The highest BCUT2D eigenvalue weighted by atomic mass is 35.5. The van der Waals surface area contributed by atoms with Gasteiger partial charge in [-0.1, -0.05) is 23.7 Å². The second kappa shape index (κ2) is 4.79. The summed E-state index contributed by atoms with van der Waals surface area (Å²) >= 11 is 5.71. The van der Waals surface area contributed by atoms with Crippen LogP contribution in [0.5, 0.6) is 0 Å². The van der Waals surface area contributed by atoms with Gasteiger partial charge in [0.1, 0.15) is 17.4 Å². The zero-order valence-corrected chi connectivity index (χ0v) is 9.50. The predicted octanol–water partition coefficient (Wildman–Crippen LogP) is 0.979. The van der Waals surface area contributed by atoms with E-state index in [1.807, 2.05) is 0 Å². The van der Waals surface area contributed by atoms with Crippen LogP contribution in [-0.4, -0.2) is 33.2 Å². The molecule has 2 atom stereocenters. The van der Waals surface area contributed by atoms with Crippen LogP contribution in [0.15, 0.2) is 35.9 Å². The van der Waals surface area contributed by atoms with Gasteiger partial charge in [-0.25, -0.2) is 4.98 Å². The predicted molar refractivity (Wildman–Crippen MR) is 63.4 cm³/mol. The number of aliphatic hydroxyl groups is 2. The number of hydrogen-bond acceptors (Lipinski definition) is 4. The van der Waals surface area contributed by atoms with Crippen LogP contribution in [0.2, 0.25) is 5.15 Å². The minimum atomic E-state index is -1.36. The van der Waals surface area contributed by atoms with Crippen molar-refractivity contribution in [2.45, 2.75) is 12.2 Å². The normalized spacial score (nSPS) is 24.4. The molecule has 0 radical (unpaired) electrons. The molecule has 0 aliphatic heterocycles. The van der Waals surface area contributed by atoms with Crippen LogP contribution in [-0.2, 0) is 4.79 Å². The maximum atomic E-state index is 11.1. The molecule has 88 valence electrons. The molecule has 0 saturated heterocycles. The molecule has 5 heteroatoms. The molecule has 17 heavy (non-hydrogen) atoms. The maximum Gasteiger partial charge on any atom is 0.187 e. The Hall–Kier alpha value is -1.49.